The van der Waals surface area contributed by atoms with Gasteiger partial charge >= 0.3 is 0 Å². The molecule has 18 heavy (non-hydrogen) atoms. The van der Waals surface area contributed by atoms with Crippen molar-refractivity contribution in [1.29, 1.82) is 0 Å². The number of hydrogen-bond acceptors (Lipinski definition) is 4. The number of sulfone groups is 1. The van der Waals surface area contributed by atoms with Crippen LogP contribution in [0.3, 0.4) is 0 Å². The molecule has 0 saturated carbocycles. The van der Waals surface area contributed by atoms with Gasteiger partial charge in [-0.3, -0.25) is 0 Å². The maximum Gasteiger partial charge on any atom is 0.187 e. The average Bonchev–Trinajstić information content (AvgIpc) is 2.31. The largest absolute Gasteiger partial charge is 0.503 e. The van der Waals surface area contributed by atoms with Gasteiger partial charge in [0.05, 0.1) is 5.75 Å². The van der Waals surface area contributed by atoms with Gasteiger partial charge in [0.25, 0.3) is 0 Å². The van der Waals surface area contributed by atoms with Gasteiger partial charge in [0.1, 0.15) is 0 Å². The summed E-state index contributed by atoms with van der Waals surface area (Å²) < 4.78 is 48.3. The molecule has 0 aliphatic rings. The Morgan fingerprint density at radius 1 is 1.28 bits per heavy atom. The first-order valence-electron chi connectivity index (χ1n) is 5.43. The average molecular weight is 279 g/mol. The van der Waals surface area contributed by atoms with Crippen molar-refractivity contribution < 1.29 is 22.3 Å². The topological polar surface area (TPSA) is 66.4 Å². The van der Waals surface area contributed by atoms with E-state index in [9.17, 15) is 17.2 Å². The molecule has 7 heteroatoms. The fourth-order valence-corrected chi connectivity index (χ4v) is 2.07. The molecule has 0 fully saturated rings. The summed E-state index contributed by atoms with van der Waals surface area (Å²) in [6, 6.07) is 2.00. The van der Waals surface area contributed by atoms with Gasteiger partial charge in [0, 0.05) is 18.8 Å². The molecule has 1 rings (SSSR count). The molecule has 0 unspecified atom stereocenters. The molecule has 0 bridgehead atoms. The highest BCUT2D eigenvalue weighted by Gasteiger charge is 2.10. The smallest absolute Gasteiger partial charge is 0.187 e. The molecule has 0 spiro atoms. The first-order chi connectivity index (χ1) is 8.35. The third kappa shape index (κ3) is 4.23. The van der Waals surface area contributed by atoms with Gasteiger partial charge in [-0.1, -0.05) is 6.92 Å². The van der Waals surface area contributed by atoms with Crippen molar-refractivity contribution in [3.05, 3.63) is 29.3 Å². The Labute approximate surface area is 105 Å². The van der Waals surface area contributed by atoms with Crippen LogP contribution in [0.2, 0.25) is 0 Å². The lowest BCUT2D eigenvalue weighted by Crippen LogP contribution is -2.23. The van der Waals surface area contributed by atoms with Gasteiger partial charge < -0.3 is 10.4 Å². The first-order valence-corrected chi connectivity index (χ1v) is 7.26. The minimum Gasteiger partial charge on any atom is -0.503 e. The molecule has 1 aromatic carbocycles. The maximum atomic E-state index is 13.0. The van der Waals surface area contributed by atoms with Crippen LogP contribution in [0.4, 0.5) is 8.78 Å². The van der Waals surface area contributed by atoms with Crippen LogP contribution in [0, 0.1) is 11.6 Å². The lowest BCUT2D eigenvalue weighted by atomic mass is 10.2. The molecule has 0 heterocycles. The normalized spacial score (nSPS) is 11.7. The number of hydrogen-bond donors (Lipinski definition) is 2. The molecule has 0 aliphatic carbocycles. The zero-order valence-corrected chi connectivity index (χ0v) is 10.7. The van der Waals surface area contributed by atoms with Gasteiger partial charge in [-0.15, -0.1) is 0 Å². The molecule has 0 radical (unpaired) electrons. The predicted molar refractivity (Wildman–Crippen MR) is 64.1 cm³/mol. The summed E-state index contributed by atoms with van der Waals surface area (Å²) in [7, 11) is -3.05. The third-order valence-electron chi connectivity index (χ3n) is 2.44. The van der Waals surface area contributed by atoms with Crippen LogP contribution in [-0.2, 0) is 16.4 Å². The Bertz CT molecular complexity index is 494. The van der Waals surface area contributed by atoms with E-state index in [1.54, 1.807) is 6.92 Å². The van der Waals surface area contributed by atoms with Gasteiger partial charge in [-0.05, 0) is 17.7 Å². The minimum absolute atomic E-state index is 0.0213. The fraction of sp³-hybridized carbons (Fsp3) is 0.455. The van der Waals surface area contributed by atoms with Crippen LogP contribution >= 0.6 is 0 Å². The summed E-state index contributed by atoms with van der Waals surface area (Å²) in [5.74, 6) is -3.03. The minimum atomic E-state index is -3.05. The number of halogens is 2. The van der Waals surface area contributed by atoms with Gasteiger partial charge in [0.15, 0.2) is 27.2 Å². The van der Waals surface area contributed by atoms with Crippen LogP contribution in [0.15, 0.2) is 12.1 Å². The van der Waals surface area contributed by atoms with E-state index >= 15 is 0 Å². The van der Waals surface area contributed by atoms with Gasteiger partial charge in [-0.2, -0.15) is 0 Å². The molecule has 1 aromatic rings. The van der Waals surface area contributed by atoms with Crippen molar-refractivity contribution in [2.45, 2.75) is 13.5 Å². The first kappa shape index (κ1) is 14.8. The molecule has 0 amide bonds. The third-order valence-corrected chi connectivity index (χ3v) is 4.14. The van der Waals surface area contributed by atoms with Crippen LogP contribution in [0.25, 0.3) is 0 Å². The number of benzene rings is 1. The van der Waals surface area contributed by atoms with E-state index in [0.717, 1.165) is 12.1 Å². The van der Waals surface area contributed by atoms with E-state index in [0.29, 0.717) is 5.56 Å². The molecule has 2 N–H and O–H groups in total. The van der Waals surface area contributed by atoms with Crippen LogP contribution in [0.5, 0.6) is 5.75 Å². The maximum absolute atomic E-state index is 13.0. The zero-order valence-electron chi connectivity index (χ0n) is 9.91. The fourth-order valence-electron chi connectivity index (χ4n) is 1.32. The van der Waals surface area contributed by atoms with Crippen molar-refractivity contribution in [3.63, 3.8) is 0 Å². The summed E-state index contributed by atoms with van der Waals surface area (Å²) in [5, 5.41) is 11.7. The second-order valence-corrected chi connectivity index (χ2v) is 6.29. The molecule has 4 nitrogen and oxygen atoms in total. The molecular weight excluding hydrogens is 264 g/mol. The lowest BCUT2D eigenvalue weighted by molar-refractivity contribution is 0.395. The highest BCUT2D eigenvalue weighted by Crippen LogP contribution is 2.21. The Hall–Kier alpha value is -1.21. The molecule has 102 valence electrons. The van der Waals surface area contributed by atoms with Gasteiger partial charge in [0.2, 0.25) is 0 Å². The molecule has 0 aromatic heterocycles. The van der Waals surface area contributed by atoms with Crippen LogP contribution in [-0.4, -0.2) is 31.6 Å². The second kappa shape index (κ2) is 6.10. The number of phenolic OH excluding ortho intramolecular Hbond substituents is 1. The summed E-state index contributed by atoms with van der Waals surface area (Å²) in [4.78, 5) is 0. The zero-order chi connectivity index (χ0) is 13.8. The summed E-state index contributed by atoms with van der Waals surface area (Å²) >= 11 is 0. The van der Waals surface area contributed by atoms with Gasteiger partial charge in [-0.25, -0.2) is 17.2 Å². The highest BCUT2D eigenvalue weighted by atomic mass is 32.2. The Kier molecular flexibility index (Phi) is 5.03. The highest BCUT2D eigenvalue weighted by molar-refractivity contribution is 7.91. The van der Waals surface area contributed by atoms with Crippen molar-refractivity contribution in [2.24, 2.45) is 0 Å². The Morgan fingerprint density at radius 3 is 2.33 bits per heavy atom. The number of aromatic hydroxyl groups is 1. The van der Waals surface area contributed by atoms with E-state index in [1.807, 2.05) is 0 Å². The SMILES string of the molecule is CCS(=O)(=O)CCNCc1cc(F)c(O)c(F)c1. The second-order valence-electron chi connectivity index (χ2n) is 3.82. The number of rotatable bonds is 6. The number of phenols is 1. The monoisotopic (exact) mass is 279 g/mol. The summed E-state index contributed by atoms with van der Waals surface area (Å²) in [6.07, 6.45) is 0. The van der Waals surface area contributed by atoms with E-state index in [-0.39, 0.29) is 24.6 Å². The van der Waals surface area contributed by atoms with E-state index in [4.69, 9.17) is 5.11 Å². The van der Waals surface area contributed by atoms with E-state index in [2.05, 4.69) is 5.32 Å². The predicted octanol–water partition coefficient (Wildman–Crippen LogP) is 1.19. The van der Waals surface area contributed by atoms with Crippen LogP contribution in [0.1, 0.15) is 12.5 Å². The standard InChI is InChI=1S/C11H15F2NO3S/c1-2-18(16,17)4-3-14-7-8-5-9(12)11(15)10(13)6-8/h5-6,14-15H,2-4,7H2,1H3. The Balaban J connectivity index is 2.50. The van der Waals surface area contributed by atoms with E-state index in [1.165, 1.54) is 0 Å². The summed E-state index contributed by atoms with van der Waals surface area (Å²) in [6.45, 7) is 1.90. The Morgan fingerprint density at radius 2 is 1.83 bits per heavy atom. The van der Waals surface area contributed by atoms with E-state index < -0.39 is 27.2 Å². The molecular formula is C11H15F2NO3S. The molecule has 0 aliphatic heterocycles. The van der Waals surface area contributed by atoms with Crippen molar-refractivity contribution in [2.75, 3.05) is 18.1 Å². The number of nitrogens with one attached hydrogen (secondary N) is 1. The molecule has 0 saturated heterocycles. The summed E-state index contributed by atoms with van der Waals surface area (Å²) in [5.41, 5.74) is 0.302. The van der Waals surface area contributed by atoms with Crippen LogP contribution < -0.4 is 5.32 Å². The van der Waals surface area contributed by atoms with Crippen molar-refractivity contribution in [1.82, 2.24) is 5.32 Å². The molecule has 0 atom stereocenters. The lowest BCUT2D eigenvalue weighted by Gasteiger charge is -2.06. The quantitative estimate of drug-likeness (QED) is 0.768. The van der Waals surface area contributed by atoms with Crippen molar-refractivity contribution in [3.8, 4) is 5.75 Å². The van der Waals surface area contributed by atoms with Crippen molar-refractivity contribution >= 4 is 9.84 Å².